The van der Waals surface area contributed by atoms with Crippen molar-refractivity contribution < 1.29 is 19.1 Å². The van der Waals surface area contributed by atoms with Gasteiger partial charge in [-0.1, -0.05) is 75.4 Å². The molecule has 2 aliphatic rings. The standard InChI is InChI=1S/C30H24N2O4S3/c1-30(2)25-24(29(37)39-38-25)21-16-18(36-3)13-14-22(21)32(30)28(35)23(15-17-9-5-4-6-10-17)31-26(33)19-11-7-8-12-20(19)27(31)34/h4-14,16,23H,15H2,1-3H3. The molecule has 2 aliphatic heterocycles. The van der Waals surface area contributed by atoms with Crippen molar-refractivity contribution in [2.45, 2.75) is 31.8 Å². The van der Waals surface area contributed by atoms with E-state index in [0.717, 1.165) is 30.3 Å². The molecule has 3 heterocycles. The predicted molar refractivity (Wildman–Crippen MR) is 156 cm³/mol. The Kier molecular flexibility index (Phi) is 6.25. The molecule has 4 aromatic rings. The lowest BCUT2D eigenvalue weighted by Gasteiger charge is -2.45. The van der Waals surface area contributed by atoms with Crippen LogP contribution in [0.3, 0.4) is 0 Å². The summed E-state index contributed by atoms with van der Waals surface area (Å²) in [5.41, 5.74) is 3.11. The summed E-state index contributed by atoms with van der Waals surface area (Å²) in [5, 5.41) is 0. The molecule has 196 valence electrons. The number of imide groups is 1. The number of rotatable bonds is 5. The van der Waals surface area contributed by atoms with Crippen molar-refractivity contribution in [3.63, 3.8) is 0 Å². The molecule has 39 heavy (non-hydrogen) atoms. The molecular formula is C30H24N2O4S3. The minimum Gasteiger partial charge on any atom is -0.497 e. The minimum absolute atomic E-state index is 0.190. The molecule has 0 spiro atoms. The summed E-state index contributed by atoms with van der Waals surface area (Å²) in [5.74, 6) is -0.596. The third-order valence-electron chi connectivity index (χ3n) is 7.37. The van der Waals surface area contributed by atoms with Crippen LogP contribution in [0.5, 0.6) is 5.75 Å². The third kappa shape index (κ3) is 3.95. The molecule has 0 saturated heterocycles. The summed E-state index contributed by atoms with van der Waals surface area (Å²) < 4.78 is 6.26. The molecular weight excluding hydrogens is 549 g/mol. The van der Waals surface area contributed by atoms with E-state index < -0.39 is 23.4 Å². The number of hydrogen-bond donors (Lipinski definition) is 0. The fourth-order valence-corrected chi connectivity index (χ4v) is 8.78. The molecule has 0 fully saturated rings. The predicted octanol–water partition coefficient (Wildman–Crippen LogP) is 6.70. The van der Waals surface area contributed by atoms with E-state index in [1.165, 1.54) is 10.3 Å². The molecule has 6 nitrogen and oxygen atoms in total. The molecule has 0 radical (unpaired) electrons. The van der Waals surface area contributed by atoms with Crippen LogP contribution in [0.1, 0.15) is 45.0 Å². The Hall–Kier alpha value is -3.66. The lowest BCUT2D eigenvalue weighted by atomic mass is 9.86. The van der Waals surface area contributed by atoms with Gasteiger partial charge in [0.1, 0.15) is 15.6 Å². The highest BCUT2D eigenvalue weighted by Crippen LogP contribution is 2.53. The first-order valence-corrected chi connectivity index (χ1v) is 15.0. The first-order chi connectivity index (χ1) is 18.7. The molecule has 6 rings (SSSR count). The molecule has 1 unspecified atom stereocenters. The molecule has 9 heteroatoms. The molecule has 0 saturated carbocycles. The maximum atomic E-state index is 14.8. The third-order valence-corrected chi connectivity index (χ3v) is 10.7. The quantitative estimate of drug-likeness (QED) is 0.151. The molecule has 0 bridgehead atoms. The number of carbonyl (C=O) groups excluding carboxylic acids is 3. The highest BCUT2D eigenvalue weighted by Gasteiger charge is 2.49. The van der Waals surface area contributed by atoms with Gasteiger partial charge in [-0.3, -0.25) is 24.2 Å². The highest BCUT2D eigenvalue weighted by molar-refractivity contribution is 7.80. The molecule has 3 amide bonds. The highest BCUT2D eigenvalue weighted by atomic mass is 32.9. The van der Waals surface area contributed by atoms with Gasteiger partial charge in [0.15, 0.2) is 0 Å². The monoisotopic (exact) mass is 572 g/mol. The van der Waals surface area contributed by atoms with Crippen LogP contribution in [0.2, 0.25) is 0 Å². The topological polar surface area (TPSA) is 66.9 Å². The van der Waals surface area contributed by atoms with E-state index >= 15 is 0 Å². The van der Waals surface area contributed by atoms with Crippen LogP contribution in [0, 0.1) is 3.82 Å². The Morgan fingerprint density at radius 1 is 0.923 bits per heavy atom. The van der Waals surface area contributed by atoms with Gasteiger partial charge in [0.05, 0.1) is 34.3 Å². The summed E-state index contributed by atoms with van der Waals surface area (Å²) in [6, 6.07) is 20.7. The van der Waals surface area contributed by atoms with E-state index in [1.807, 2.05) is 62.4 Å². The van der Waals surface area contributed by atoms with Crippen LogP contribution in [0.15, 0.2) is 72.8 Å². The molecule has 0 N–H and O–H groups in total. The Morgan fingerprint density at radius 2 is 1.56 bits per heavy atom. The van der Waals surface area contributed by atoms with E-state index in [0.29, 0.717) is 22.6 Å². The van der Waals surface area contributed by atoms with Crippen molar-refractivity contribution in [2.75, 3.05) is 12.0 Å². The van der Waals surface area contributed by atoms with Crippen LogP contribution >= 0.6 is 32.9 Å². The zero-order valence-corrected chi connectivity index (χ0v) is 23.9. The van der Waals surface area contributed by atoms with Crippen LogP contribution in [0.4, 0.5) is 5.69 Å². The average Bonchev–Trinajstić information content (AvgIpc) is 3.45. The first kappa shape index (κ1) is 25.6. The van der Waals surface area contributed by atoms with Crippen molar-refractivity contribution in [3.8, 4) is 16.9 Å². The smallest absolute Gasteiger partial charge is 0.262 e. The maximum Gasteiger partial charge on any atom is 0.262 e. The summed E-state index contributed by atoms with van der Waals surface area (Å²) in [7, 11) is 4.65. The Bertz CT molecular complexity index is 1670. The van der Waals surface area contributed by atoms with Gasteiger partial charge in [-0.05, 0) is 49.7 Å². The van der Waals surface area contributed by atoms with Gasteiger partial charge in [0, 0.05) is 17.5 Å². The van der Waals surface area contributed by atoms with Gasteiger partial charge in [-0.15, -0.1) is 0 Å². The van der Waals surface area contributed by atoms with Gasteiger partial charge in [-0.25, -0.2) is 0 Å². The van der Waals surface area contributed by atoms with Crippen LogP contribution in [-0.4, -0.2) is 35.8 Å². The van der Waals surface area contributed by atoms with E-state index in [9.17, 15) is 14.4 Å². The fourth-order valence-electron chi connectivity index (χ4n) is 5.50. The molecule has 1 aromatic heterocycles. The Morgan fingerprint density at radius 3 is 2.21 bits per heavy atom. The van der Waals surface area contributed by atoms with Crippen molar-refractivity contribution in [2.24, 2.45) is 0 Å². The average molecular weight is 573 g/mol. The van der Waals surface area contributed by atoms with Gasteiger partial charge in [0.25, 0.3) is 17.7 Å². The Balaban J connectivity index is 1.52. The minimum atomic E-state index is -1.05. The van der Waals surface area contributed by atoms with E-state index in [4.69, 9.17) is 17.0 Å². The number of carbonyl (C=O) groups is 3. The van der Waals surface area contributed by atoms with Crippen LogP contribution < -0.4 is 9.64 Å². The van der Waals surface area contributed by atoms with Gasteiger partial charge < -0.3 is 4.74 Å². The second-order valence-electron chi connectivity index (χ2n) is 10.0. The zero-order chi connectivity index (χ0) is 27.5. The normalized spacial score (nSPS) is 16.0. The lowest BCUT2D eigenvalue weighted by molar-refractivity contribution is -0.123. The van der Waals surface area contributed by atoms with Gasteiger partial charge >= 0.3 is 0 Å². The van der Waals surface area contributed by atoms with Crippen molar-refractivity contribution >= 4 is 56.3 Å². The number of benzene rings is 3. The number of hydrogen-bond acceptors (Lipinski definition) is 7. The van der Waals surface area contributed by atoms with Gasteiger partial charge in [0.2, 0.25) is 0 Å². The number of ether oxygens (including phenoxy) is 1. The molecule has 1 atom stereocenters. The van der Waals surface area contributed by atoms with Crippen molar-refractivity contribution in [1.82, 2.24) is 4.90 Å². The number of anilines is 1. The van der Waals surface area contributed by atoms with Crippen molar-refractivity contribution in [3.05, 3.63) is 98.2 Å². The summed E-state index contributed by atoms with van der Waals surface area (Å²) in [6.07, 6.45) is 0.190. The second kappa shape index (κ2) is 9.51. The largest absolute Gasteiger partial charge is 0.497 e. The van der Waals surface area contributed by atoms with Crippen LogP contribution in [0.25, 0.3) is 11.1 Å². The molecule has 0 aliphatic carbocycles. The summed E-state index contributed by atoms with van der Waals surface area (Å²) >= 11 is 5.72. The zero-order valence-electron chi connectivity index (χ0n) is 21.5. The van der Waals surface area contributed by atoms with E-state index in [2.05, 4.69) is 0 Å². The number of methoxy groups -OCH3 is 1. The maximum absolute atomic E-state index is 14.8. The Labute approximate surface area is 238 Å². The van der Waals surface area contributed by atoms with Gasteiger partial charge in [-0.2, -0.15) is 0 Å². The second-order valence-corrected chi connectivity index (χ2v) is 12.8. The van der Waals surface area contributed by atoms with Crippen LogP contribution in [-0.2, 0) is 16.8 Å². The van der Waals surface area contributed by atoms with E-state index in [1.54, 1.807) is 46.6 Å². The summed E-state index contributed by atoms with van der Waals surface area (Å²) in [4.78, 5) is 45.9. The summed E-state index contributed by atoms with van der Waals surface area (Å²) in [6.45, 7) is 3.97. The van der Waals surface area contributed by atoms with E-state index in [-0.39, 0.29) is 12.3 Å². The SMILES string of the molecule is COc1ccc2c(c1)-c1c(ssc1=S)C(C)(C)N2C(=O)C(Cc1ccccc1)N1C(=O)c2ccccc2C1=O. The number of nitrogens with zero attached hydrogens (tertiary/aromatic N) is 2. The number of fused-ring (bicyclic) bond motifs is 4. The van der Waals surface area contributed by atoms with Crippen molar-refractivity contribution in [1.29, 1.82) is 0 Å². The lowest BCUT2D eigenvalue weighted by Crippen LogP contribution is -2.57. The fraction of sp³-hybridized carbons (Fsp3) is 0.200. The molecule has 3 aromatic carbocycles. The first-order valence-electron chi connectivity index (χ1n) is 12.4. The number of amides is 3.